The van der Waals surface area contributed by atoms with Crippen LogP contribution in [0.25, 0.3) is 11.0 Å². The molecule has 1 N–H and O–H groups in total. The van der Waals surface area contributed by atoms with Crippen LogP contribution in [-0.4, -0.2) is 34.6 Å². The number of aromatic nitrogens is 2. The van der Waals surface area contributed by atoms with Gasteiger partial charge in [-0.1, -0.05) is 0 Å². The number of hydrogen-bond acceptors (Lipinski definition) is 5. The van der Waals surface area contributed by atoms with E-state index >= 15 is 0 Å². The summed E-state index contributed by atoms with van der Waals surface area (Å²) in [5.41, 5.74) is 1.51. The SMILES string of the molecule is CCOC(=O)CCNC(=O)c1cn(CC)c2cc(C)cnc2c1=O. The number of amides is 1. The van der Waals surface area contributed by atoms with Crippen molar-refractivity contribution >= 4 is 22.9 Å². The minimum absolute atomic E-state index is 0.0181. The second-order valence-corrected chi connectivity index (χ2v) is 5.35. The van der Waals surface area contributed by atoms with Gasteiger partial charge in [-0.15, -0.1) is 0 Å². The molecule has 0 saturated carbocycles. The Balaban J connectivity index is 2.27. The fourth-order valence-electron chi connectivity index (χ4n) is 2.39. The highest BCUT2D eigenvalue weighted by Crippen LogP contribution is 2.11. The molecule has 0 radical (unpaired) electrons. The fraction of sp³-hybridized carbons (Fsp3) is 0.412. The van der Waals surface area contributed by atoms with Gasteiger partial charge in [-0.05, 0) is 32.4 Å². The Morgan fingerprint density at radius 3 is 2.75 bits per heavy atom. The minimum Gasteiger partial charge on any atom is -0.466 e. The van der Waals surface area contributed by atoms with Crippen molar-refractivity contribution in [1.29, 1.82) is 0 Å². The third-order valence-electron chi connectivity index (χ3n) is 3.56. The van der Waals surface area contributed by atoms with Gasteiger partial charge in [0.05, 0.1) is 18.5 Å². The molecule has 0 aromatic carbocycles. The summed E-state index contributed by atoms with van der Waals surface area (Å²) >= 11 is 0. The first kappa shape index (κ1) is 17.7. The third kappa shape index (κ3) is 3.79. The summed E-state index contributed by atoms with van der Waals surface area (Å²) in [5.74, 6) is -0.907. The van der Waals surface area contributed by atoms with Crippen molar-refractivity contribution in [3.05, 3.63) is 39.8 Å². The fourth-order valence-corrected chi connectivity index (χ4v) is 2.39. The molecule has 0 aliphatic carbocycles. The number of rotatable bonds is 6. The Kier molecular flexibility index (Phi) is 5.68. The van der Waals surface area contributed by atoms with Gasteiger partial charge in [0.2, 0.25) is 5.43 Å². The molecule has 128 valence electrons. The summed E-state index contributed by atoms with van der Waals surface area (Å²) in [6.45, 7) is 6.55. The second kappa shape index (κ2) is 7.72. The van der Waals surface area contributed by atoms with Gasteiger partial charge in [-0.2, -0.15) is 0 Å². The lowest BCUT2D eigenvalue weighted by atomic mass is 10.1. The molecular weight excluding hydrogens is 310 g/mol. The van der Waals surface area contributed by atoms with E-state index in [2.05, 4.69) is 10.3 Å². The minimum atomic E-state index is -0.518. The highest BCUT2D eigenvalue weighted by Gasteiger charge is 2.16. The lowest BCUT2D eigenvalue weighted by Crippen LogP contribution is -2.31. The number of carbonyl (C=O) groups is 2. The van der Waals surface area contributed by atoms with E-state index in [0.717, 1.165) is 5.56 Å². The highest BCUT2D eigenvalue weighted by atomic mass is 16.5. The van der Waals surface area contributed by atoms with Crippen molar-refractivity contribution in [2.45, 2.75) is 33.7 Å². The van der Waals surface area contributed by atoms with E-state index in [-0.39, 0.29) is 30.0 Å². The zero-order chi connectivity index (χ0) is 17.7. The van der Waals surface area contributed by atoms with Crippen LogP contribution in [0.1, 0.15) is 36.2 Å². The standard InChI is InChI=1S/C17H21N3O4/c1-4-20-10-12(17(23)18-7-6-14(21)24-5-2)16(22)15-13(20)8-11(3)9-19-15/h8-10H,4-7H2,1-3H3,(H,18,23). The number of hydrogen-bond donors (Lipinski definition) is 1. The second-order valence-electron chi connectivity index (χ2n) is 5.35. The zero-order valence-electron chi connectivity index (χ0n) is 14.1. The molecule has 2 rings (SSSR count). The van der Waals surface area contributed by atoms with E-state index in [1.165, 1.54) is 6.20 Å². The number of aryl methyl sites for hydroxylation is 2. The van der Waals surface area contributed by atoms with Crippen LogP contribution in [0.3, 0.4) is 0 Å². The van der Waals surface area contributed by atoms with Gasteiger partial charge in [0, 0.05) is 25.5 Å². The average Bonchev–Trinajstić information content (AvgIpc) is 2.55. The highest BCUT2D eigenvalue weighted by molar-refractivity contribution is 5.96. The number of nitrogens with zero attached hydrogens (tertiary/aromatic N) is 2. The van der Waals surface area contributed by atoms with E-state index in [4.69, 9.17) is 4.74 Å². The van der Waals surface area contributed by atoms with Gasteiger partial charge in [-0.3, -0.25) is 19.4 Å². The predicted octanol–water partition coefficient (Wildman–Crippen LogP) is 1.41. The van der Waals surface area contributed by atoms with E-state index in [9.17, 15) is 14.4 Å². The van der Waals surface area contributed by atoms with Crippen molar-refractivity contribution < 1.29 is 14.3 Å². The maximum atomic E-state index is 12.5. The molecule has 24 heavy (non-hydrogen) atoms. The topological polar surface area (TPSA) is 90.3 Å². The first-order valence-corrected chi connectivity index (χ1v) is 7.91. The molecule has 0 saturated heterocycles. The summed E-state index contributed by atoms with van der Waals surface area (Å²) in [5, 5.41) is 2.58. The van der Waals surface area contributed by atoms with Gasteiger partial charge in [0.1, 0.15) is 11.1 Å². The molecule has 0 atom stereocenters. The third-order valence-corrected chi connectivity index (χ3v) is 3.56. The van der Waals surface area contributed by atoms with E-state index in [0.29, 0.717) is 18.7 Å². The first-order chi connectivity index (χ1) is 11.5. The number of pyridine rings is 2. The van der Waals surface area contributed by atoms with E-state index in [1.807, 2.05) is 24.5 Å². The van der Waals surface area contributed by atoms with E-state index < -0.39 is 11.3 Å². The van der Waals surface area contributed by atoms with Crippen LogP contribution in [0, 0.1) is 6.92 Å². The van der Waals surface area contributed by atoms with Crippen molar-refractivity contribution in [2.75, 3.05) is 13.2 Å². The quantitative estimate of drug-likeness (QED) is 0.808. The average molecular weight is 331 g/mol. The van der Waals surface area contributed by atoms with Crippen LogP contribution in [0.4, 0.5) is 0 Å². The van der Waals surface area contributed by atoms with Crippen LogP contribution in [0.2, 0.25) is 0 Å². The molecule has 2 heterocycles. The Labute approximate surface area is 139 Å². The number of nitrogens with one attached hydrogen (secondary N) is 1. The van der Waals surface area contributed by atoms with Crippen molar-refractivity contribution in [3.8, 4) is 0 Å². The molecular formula is C17H21N3O4. The van der Waals surface area contributed by atoms with E-state index in [1.54, 1.807) is 13.1 Å². The number of carbonyl (C=O) groups excluding carboxylic acids is 2. The van der Waals surface area contributed by atoms with Crippen LogP contribution in [-0.2, 0) is 16.1 Å². The Bertz CT molecular complexity index is 826. The monoisotopic (exact) mass is 331 g/mol. The molecule has 7 nitrogen and oxygen atoms in total. The molecule has 0 fully saturated rings. The molecule has 0 aliphatic rings. The molecule has 7 heteroatoms. The number of fused-ring (bicyclic) bond motifs is 1. The molecule has 0 spiro atoms. The molecule has 2 aromatic heterocycles. The molecule has 0 bridgehead atoms. The lowest BCUT2D eigenvalue weighted by Gasteiger charge is -2.11. The molecule has 0 aliphatic heterocycles. The van der Waals surface area contributed by atoms with Gasteiger partial charge in [0.25, 0.3) is 5.91 Å². The summed E-state index contributed by atoms with van der Waals surface area (Å²) in [4.78, 5) is 40.3. The Hall–Kier alpha value is -2.70. The summed E-state index contributed by atoms with van der Waals surface area (Å²) in [6.07, 6.45) is 3.20. The summed E-state index contributed by atoms with van der Waals surface area (Å²) in [6, 6.07) is 1.87. The first-order valence-electron chi connectivity index (χ1n) is 7.91. The number of ether oxygens (including phenoxy) is 1. The maximum absolute atomic E-state index is 12.5. The van der Waals surface area contributed by atoms with Crippen molar-refractivity contribution in [2.24, 2.45) is 0 Å². The van der Waals surface area contributed by atoms with Gasteiger partial charge in [-0.25, -0.2) is 0 Å². The smallest absolute Gasteiger partial charge is 0.307 e. The number of esters is 1. The summed E-state index contributed by atoms with van der Waals surface area (Å²) < 4.78 is 6.61. The van der Waals surface area contributed by atoms with Crippen LogP contribution in [0.15, 0.2) is 23.3 Å². The maximum Gasteiger partial charge on any atom is 0.307 e. The molecule has 1 amide bonds. The molecule has 2 aromatic rings. The van der Waals surface area contributed by atoms with Gasteiger partial charge < -0.3 is 14.6 Å². The van der Waals surface area contributed by atoms with Crippen LogP contribution < -0.4 is 10.7 Å². The normalized spacial score (nSPS) is 10.6. The van der Waals surface area contributed by atoms with Crippen LogP contribution >= 0.6 is 0 Å². The van der Waals surface area contributed by atoms with Crippen molar-refractivity contribution in [1.82, 2.24) is 14.9 Å². The largest absolute Gasteiger partial charge is 0.466 e. The zero-order valence-corrected chi connectivity index (χ0v) is 14.1. The Morgan fingerprint density at radius 2 is 2.08 bits per heavy atom. The van der Waals surface area contributed by atoms with Crippen LogP contribution in [0.5, 0.6) is 0 Å². The summed E-state index contributed by atoms with van der Waals surface area (Å²) in [7, 11) is 0. The molecule has 0 unspecified atom stereocenters. The predicted molar refractivity (Wildman–Crippen MR) is 90.0 cm³/mol. The van der Waals surface area contributed by atoms with Gasteiger partial charge in [0.15, 0.2) is 0 Å². The van der Waals surface area contributed by atoms with Gasteiger partial charge >= 0.3 is 5.97 Å². The lowest BCUT2D eigenvalue weighted by molar-refractivity contribution is -0.142. The van der Waals surface area contributed by atoms with Crippen molar-refractivity contribution in [3.63, 3.8) is 0 Å². The Morgan fingerprint density at radius 1 is 1.33 bits per heavy atom.